The molecule has 0 radical (unpaired) electrons. The number of nitrogens with one attached hydrogen (secondary N) is 3. The third kappa shape index (κ3) is 3.48. The Balaban J connectivity index is 1.52. The van der Waals surface area contributed by atoms with Crippen LogP contribution < -0.4 is 16.0 Å². The lowest BCUT2D eigenvalue weighted by Crippen LogP contribution is -2.17. The first kappa shape index (κ1) is 19.4. The van der Waals surface area contributed by atoms with Crippen LogP contribution in [0.4, 0.5) is 15.9 Å². The minimum atomic E-state index is -0.546. The highest BCUT2D eigenvalue weighted by Gasteiger charge is 2.29. The third-order valence-electron chi connectivity index (χ3n) is 5.44. The summed E-state index contributed by atoms with van der Waals surface area (Å²) in [6.07, 6.45) is 0.762. The van der Waals surface area contributed by atoms with Crippen LogP contribution in [0, 0.1) is 5.82 Å². The minimum Gasteiger partial charge on any atom is -0.356 e. The second-order valence-corrected chi connectivity index (χ2v) is 7.78. The Bertz CT molecular complexity index is 1200. The summed E-state index contributed by atoms with van der Waals surface area (Å²) in [5, 5.41) is 8.86. The molecule has 1 unspecified atom stereocenters. The van der Waals surface area contributed by atoms with Crippen LogP contribution in [-0.2, 0) is 11.3 Å². The van der Waals surface area contributed by atoms with Crippen molar-refractivity contribution in [3.05, 3.63) is 70.1 Å². The highest BCUT2D eigenvalue weighted by Crippen LogP contribution is 2.33. The standard InChI is InChI=1S/C22H17ClFN5O2/c23-14-2-1-3-15(24)17(14)19-28-16-10-26-22(31)18(16)20(29-19)27-12-6-4-11(5-7-12)13-8-9-25-21(13)30/h1-7,13H,8-10H2,(H,25,30)(H,26,31)(H,27,28,29). The van der Waals surface area contributed by atoms with Crippen LogP contribution in [0.5, 0.6) is 0 Å². The van der Waals surface area contributed by atoms with Gasteiger partial charge in [0.1, 0.15) is 17.2 Å². The Kier molecular flexibility index (Phi) is 4.78. The molecule has 0 bridgehead atoms. The maximum Gasteiger partial charge on any atom is 0.257 e. The smallest absolute Gasteiger partial charge is 0.257 e. The zero-order valence-electron chi connectivity index (χ0n) is 16.2. The lowest BCUT2D eigenvalue weighted by molar-refractivity contribution is -0.120. The zero-order chi connectivity index (χ0) is 21.5. The number of rotatable bonds is 4. The molecule has 3 aromatic rings. The van der Waals surface area contributed by atoms with Crippen molar-refractivity contribution in [2.45, 2.75) is 18.9 Å². The fourth-order valence-electron chi connectivity index (χ4n) is 3.89. The van der Waals surface area contributed by atoms with Gasteiger partial charge in [-0.05, 0) is 36.2 Å². The number of hydrogen-bond donors (Lipinski definition) is 3. The number of aromatic nitrogens is 2. The number of amides is 2. The van der Waals surface area contributed by atoms with Gasteiger partial charge in [0.2, 0.25) is 5.91 Å². The number of fused-ring (bicyclic) bond motifs is 1. The normalized spacial score (nSPS) is 17.3. The van der Waals surface area contributed by atoms with Gasteiger partial charge in [-0.1, -0.05) is 29.8 Å². The van der Waals surface area contributed by atoms with Gasteiger partial charge >= 0.3 is 0 Å². The third-order valence-corrected chi connectivity index (χ3v) is 5.75. The van der Waals surface area contributed by atoms with Crippen LogP contribution in [0.25, 0.3) is 11.4 Å². The van der Waals surface area contributed by atoms with Gasteiger partial charge in [-0.15, -0.1) is 0 Å². The molecule has 156 valence electrons. The number of nitrogens with zero attached hydrogens (tertiary/aromatic N) is 2. The Morgan fingerprint density at radius 3 is 2.55 bits per heavy atom. The summed E-state index contributed by atoms with van der Waals surface area (Å²) in [7, 11) is 0. The Hall–Kier alpha value is -3.52. The van der Waals surface area contributed by atoms with Gasteiger partial charge in [-0.3, -0.25) is 9.59 Å². The number of carbonyl (C=O) groups excluding carboxylic acids is 2. The second-order valence-electron chi connectivity index (χ2n) is 7.38. The highest BCUT2D eigenvalue weighted by molar-refractivity contribution is 6.33. The van der Waals surface area contributed by atoms with E-state index in [-0.39, 0.29) is 46.5 Å². The molecule has 1 aromatic heterocycles. The molecule has 1 saturated heterocycles. The molecule has 1 atom stereocenters. The van der Waals surface area contributed by atoms with Crippen LogP contribution in [-0.4, -0.2) is 28.3 Å². The molecule has 2 aliphatic rings. The first-order chi connectivity index (χ1) is 15.0. The van der Waals surface area contributed by atoms with E-state index in [4.69, 9.17) is 11.6 Å². The predicted octanol–water partition coefficient (Wildman–Crippen LogP) is 3.53. The maximum atomic E-state index is 14.4. The molecular formula is C22H17ClFN5O2. The number of carbonyl (C=O) groups is 2. The van der Waals surface area contributed by atoms with Gasteiger partial charge in [0.05, 0.1) is 28.7 Å². The van der Waals surface area contributed by atoms with Gasteiger partial charge in [0, 0.05) is 12.2 Å². The van der Waals surface area contributed by atoms with Crippen LogP contribution in [0.2, 0.25) is 5.02 Å². The molecule has 3 heterocycles. The molecule has 1 fully saturated rings. The van der Waals surface area contributed by atoms with E-state index in [0.29, 0.717) is 23.5 Å². The fourth-order valence-corrected chi connectivity index (χ4v) is 4.13. The van der Waals surface area contributed by atoms with Gasteiger partial charge in [0.15, 0.2) is 5.82 Å². The molecule has 3 N–H and O–H groups in total. The summed E-state index contributed by atoms with van der Waals surface area (Å²) in [6.45, 7) is 0.896. The molecule has 0 aliphatic carbocycles. The largest absolute Gasteiger partial charge is 0.356 e. The number of halogens is 2. The molecule has 2 amide bonds. The van der Waals surface area contributed by atoms with E-state index >= 15 is 0 Å². The fraction of sp³-hybridized carbons (Fsp3) is 0.182. The summed E-state index contributed by atoms with van der Waals surface area (Å²) in [5.41, 5.74) is 2.46. The Labute approximate surface area is 182 Å². The summed E-state index contributed by atoms with van der Waals surface area (Å²) >= 11 is 6.19. The van der Waals surface area contributed by atoms with Gasteiger partial charge in [-0.2, -0.15) is 0 Å². The quantitative estimate of drug-likeness (QED) is 0.580. The van der Waals surface area contributed by atoms with E-state index in [1.165, 1.54) is 12.1 Å². The lowest BCUT2D eigenvalue weighted by Gasteiger charge is -2.13. The van der Waals surface area contributed by atoms with E-state index in [2.05, 4.69) is 25.9 Å². The second kappa shape index (κ2) is 7.63. The van der Waals surface area contributed by atoms with Crippen molar-refractivity contribution in [2.75, 3.05) is 11.9 Å². The number of anilines is 2. The summed E-state index contributed by atoms with van der Waals surface area (Å²) < 4.78 is 14.4. The molecule has 2 aromatic carbocycles. The molecule has 9 heteroatoms. The molecule has 5 rings (SSSR count). The molecule has 0 spiro atoms. The van der Waals surface area contributed by atoms with Gasteiger partial charge < -0.3 is 16.0 Å². The zero-order valence-corrected chi connectivity index (χ0v) is 17.0. The SMILES string of the molecule is O=C1NCc2nc(-c3c(F)cccc3Cl)nc(Nc3ccc(C4CCNC4=O)cc3)c21. The van der Waals surface area contributed by atoms with Crippen molar-refractivity contribution in [3.8, 4) is 11.4 Å². The monoisotopic (exact) mass is 437 g/mol. The van der Waals surface area contributed by atoms with E-state index < -0.39 is 5.82 Å². The van der Waals surface area contributed by atoms with Crippen molar-refractivity contribution in [3.63, 3.8) is 0 Å². The molecule has 2 aliphatic heterocycles. The van der Waals surface area contributed by atoms with Gasteiger partial charge in [0.25, 0.3) is 5.91 Å². The topological polar surface area (TPSA) is 96.0 Å². The summed E-state index contributed by atoms with van der Waals surface area (Å²) in [6, 6.07) is 11.7. The van der Waals surface area contributed by atoms with Crippen molar-refractivity contribution < 1.29 is 14.0 Å². The number of benzene rings is 2. The Morgan fingerprint density at radius 1 is 1.03 bits per heavy atom. The number of hydrogen-bond acceptors (Lipinski definition) is 5. The van der Waals surface area contributed by atoms with Crippen molar-refractivity contribution in [2.24, 2.45) is 0 Å². The lowest BCUT2D eigenvalue weighted by atomic mass is 9.97. The van der Waals surface area contributed by atoms with E-state index in [0.717, 1.165) is 12.0 Å². The molecule has 7 nitrogen and oxygen atoms in total. The highest BCUT2D eigenvalue weighted by atomic mass is 35.5. The van der Waals surface area contributed by atoms with Crippen LogP contribution >= 0.6 is 11.6 Å². The molecular weight excluding hydrogens is 421 g/mol. The first-order valence-corrected chi connectivity index (χ1v) is 10.2. The van der Waals surface area contributed by atoms with Gasteiger partial charge in [-0.25, -0.2) is 14.4 Å². The predicted molar refractivity (Wildman–Crippen MR) is 114 cm³/mol. The van der Waals surface area contributed by atoms with Crippen molar-refractivity contribution >= 4 is 34.9 Å². The maximum absolute atomic E-state index is 14.4. The van der Waals surface area contributed by atoms with E-state index in [1.54, 1.807) is 6.07 Å². The summed E-state index contributed by atoms with van der Waals surface area (Å²) in [5.74, 6) is -0.617. The van der Waals surface area contributed by atoms with E-state index in [1.807, 2.05) is 24.3 Å². The van der Waals surface area contributed by atoms with Crippen LogP contribution in [0.3, 0.4) is 0 Å². The van der Waals surface area contributed by atoms with E-state index in [9.17, 15) is 14.0 Å². The van der Waals surface area contributed by atoms with Crippen LogP contribution in [0.15, 0.2) is 42.5 Å². The average molecular weight is 438 g/mol. The minimum absolute atomic E-state index is 0.0254. The molecule has 0 saturated carbocycles. The van der Waals surface area contributed by atoms with Crippen LogP contribution in [0.1, 0.15) is 34.0 Å². The summed E-state index contributed by atoms with van der Waals surface area (Å²) in [4.78, 5) is 33.1. The average Bonchev–Trinajstić information content (AvgIpc) is 3.34. The van der Waals surface area contributed by atoms with Crippen molar-refractivity contribution in [1.29, 1.82) is 0 Å². The Morgan fingerprint density at radius 2 is 1.84 bits per heavy atom. The first-order valence-electron chi connectivity index (χ1n) is 9.79. The van der Waals surface area contributed by atoms with Crippen molar-refractivity contribution in [1.82, 2.24) is 20.6 Å². The molecule has 31 heavy (non-hydrogen) atoms.